The van der Waals surface area contributed by atoms with Gasteiger partial charge < -0.3 is 0 Å². The number of rotatable bonds is 3. The molecule has 1 saturated carbocycles. The van der Waals surface area contributed by atoms with Crippen LogP contribution in [0.4, 0.5) is 0 Å². The summed E-state index contributed by atoms with van der Waals surface area (Å²) in [5.41, 5.74) is 0.810. The number of thioether (sulfide) groups is 1. The molecule has 0 bridgehead atoms. The Hall–Kier alpha value is -0.760. The summed E-state index contributed by atoms with van der Waals surface area (Å²) >= 11 is 1.98. The molecular formula is C16H22OS. The van der Waals surface area contributed by atoms with Gasteiger partial charge >= 0.3 is 0 Å². The van der Waals surface area contributed by atoms with E-state index in [0.29, 0.717) is 0 Å². The van der Waals surface area contributed by atoms with Gasteiger partial charge in [-0.15, -0.1) is 11.8 Å². The molecule has 2 unspecified atom stereocenters. The molecule has 0 aliphatic heterocycles. The molecule has 18 heavy (non-hydrogen) atoms. The second-order valence-corrected chi connectivity index (χ2v) is 7.11. The van der Waals surface area contributed by atoms with Crippen LogP contribution in [0, 0.1) is 11.8 Å². The quantitative estimate of drug-likeness (QED) is 0.727. The molecule has 0 spiro atoms. The predicted octanol–water partition coefficient (Wildman–Crippen LogP) is 4.81. The van der Waals surface area contributed by atoms with Gasteiger partial charge in [0.2, 0.25) is 0 Å². The molecule has 0 heterocycles. The molecule has 1 nitrogen and oxygen atoms in total. The van der Waals surface area contributed by atoms with Gasteiger partial charge in [0, 0.05) is 15.7 Å². The highest BCUT2D eigenvalue weighted by molar-refractivity contribution is 8.00. The molecule has 0 radical (unpaired) electrons. The first kappa shape index (κ1) is 13.7. The number of ketones is 1. The highest BCUT2D eigenvalue weighted by atomic mass is 32.2. The lowest BCUT2D eigenvalue weighted by atomic mass is 9.83. The highest BCUT2D eigenvalue weighted by Crippen LogP contribution is 2.38. The van der Waals surface area contributed by atoms with Crippen molar-refractivity contribution in [3.05, 3.63) is 29.8 Å². The van der Waals surface area contributed by atoms with Crippen LogP contribution in [0.1, 0.15) is 50.4 Å². The summed E-state index contributed by atoms with van der Waals surface area (Å²) in [6, 6.07) is 8.07. The Morgan fingerprint density at radius 2 is 1.61 bits per heavy atom. The summed E-state index contributed by atoms with van der Waals surface area (Å²) in [6.45, 7) is 6.34. The fourth-order valence-corrected chi connectivity index (χ4v) is 4.46. The summed E-state index contributed by atoms with van der Waals surface area (Å²) in [6.07, 6.45) is 4.02. The minimum absolute atomic E-state index is 0.145. The van der Waals surface area contributed by atoms with Crippen LogP contribution in [0.3, 0.4) is 0 Å². The maximum absolute atomic E-state index is 11.2. The molecule has 2 atom stereocenters. The van der Waals surface area contributed by atoms with Crippen LogP contribution in [0.15, 0.2) is 29.2 Å². The van der Waals surface area contributed by atoms with E-state index in [1.165, 1.54) is 24.2 Å². The summed E-state index contributed by atoms with van der Waals surface area (Å²) < 4.78 is 0. The second-order valence-electron chi connectivity index (χ2n) is 5.74. The Morgan fingerprint density at radius 3 is 2.11 bits per heavy atom. The van der Waals surface area contributed by atoms with Gasteiger partial charge in [0.15, 0.2) is 5.78 Å². The van der Waals surface area contributed by atoms with E-state index in [1.54, 1.807) is 6.92 Å². The molecule has 0 amide bonds. The number of hydrogen-bond donors (Lipinski definition) is 0. The van der Waals surface area contributed by atoms with Gasteiger partial charge in [0.25, 0.3) is 0 Å². The minimum atomic E-state index is 0.145. The van der Waals surface area contributed by atoms with Crippen molar-refractivity contribution in [2.75, 3.05) is 0 Å². The molecule has 0 saturated heterocycles. The summed E-state index contributed by atoms with van der Waals surface area (Å²) in [5, 5.41) is 0.743. The van der Waals surface area contributed by atoms with Gasteiger partial charge in [0.1, 0.15) is 0 Å². The van der Waals surface area contributed by atoms with E-state index >= 15 is 0 Å². The summed E-state index contributed by atoms with van der Waals surface area (Å²) in [4.78, 5) is 12.5. The number of hydrogen-bond acceptors (Lipinski definition) is 2. The number of carbonyl (C=O) groups excluding carboxylic acids is 1. The van der Waals surface area contributed by atoms with Crippen LogP contribution in [-0.4, -0.2) is 11.0 Å². The molecule has 98 valence electrons. The largest absolute Gasteiger partial charge is 0.295 e. The Labute approximate surface area is 114 Å². The van der Waals surface area contributed by atoms with Crippen molar-refractivity contribution in [3.8, 4) is 0 Å². The fraction of sp³-hybridized carbons (Fsp3) is 0.562. The third-order valence-electron chi connectivity index (χ3n) is 3.70. The minimum Gasteiger partial charge on any atom is -0.295 e. The van der Waals surface area contributed by atoms with Crippen LogP contribution in [0.25, 0.3) is 0 Å². The monoisotopic (exact) mass is 262 g/mol. The zero-order valence-electron chi connectivity index (χ0n) is 11.5. The van der Waals surface area contributed by atoms with Crippen LogP contribution < -0.4 is 0 Å². The van der Waals surface area contributed by atoms with Crippen LogP contribution in [-0.2, 0) is 0 Å². The van der Waals surface area contributed by atoms with E-state index < -0.39 is 0 Å². The lowest BCUT2D eigenvalue weighted by Gasteiger charge is -2.31. The Balaban J connectivity index is 1.98. The van der Waals surface area contributed by atoms with E-state index in [-0.39, 0.29) is 5.78 Å². The first-order valence-electron chi connectivity index (χ1n) is 6.82. The molecule has 1 aromatic rings. The number of Topliss-reactive ketones (excluding diaryl/α,β-unsaturated/α-hetero) is 1. The number of carbonyl (C=O) groups is 1. The molecule has 2 rings (SSSR count). The van der Waals surface area contributed by atoms with Gasteiger partial charge in [0.05, 0.1) is 0 Å². The van der Waals surface area contributed by atoms with E-state index in [1.807, 2.05) is 23.9 Å². The maximum atomic E-state index is 11.2. The van der Waals surface area contributed by atoms with Crippen molar-refractivity contribution in [1.29, 1.82) is 0 Å². The van der Waals surface area contributed by atoms with E-state index in [0.717, 1.165) is 22.6 Å². The lowest BCUT2D eigenvalue weighted by molar-refractivity contribution is 0.101. The Kier molecular flexibility index (Phi) is 4.50. The molecule has 2 heteroatoms. The van der Waals surface area contributed by atoms with Gasteiger partial charge in [-0.3, -0.25) is 4.79 Å². The van der Waals surface area contributed by atoms with E-state index in [9.17, 15) is 4.79 Å². The van der Waals surface area contributed by atoms with Gasteiger partial charge in [-0.25, -0.2) is 0 Å². The van der Waals surface area contributed by atoms with Gasteiger partial charge in [-0.05, 0) is 50.2 Å². The van der Waals surface area contributed by atoms with Crippen LogP contribution >= 0.6 is 11.8 Å². The third-order valence-corrected chi connectivity index (χ3v) is 4.96. The summed E-state index contributed by atoms with van der Waals surface area (Å²) in [7, 11) is 0. The normalized spacial score (nSPS) is 28.1. The second kappa shape index (κ2) is 5.92. The molecule has 0 aromatic heterocycles. The van der Waals surface area contributed by atoms with Crippen molar-refractivity contribution < 1.29 is 4.79 Å². The van der Waals surface area contributed by atoms with Crippen molar-refractivity contribution in [2.45, 2.75) is 50.2 Å². The van der Waals surface area contributed by atoms with Crippen molar-refractivity contribution >= 4 is 17.5 Å². The Morgan fingerprint density at radius 1 is 1.06 bits per heavy atom. The predicted molar refractivity (Wildman–Crippen MR) is 78.3 cm³/mol. The van der Waals surface area contributed by atoms with Crippen molar-refractivity contribution in [1.82, 2.24) is 0 Å². The van der Waals surface area contributed by atoms with Crippen LogP contribution in [0.5, 0.6) is 0 Å². The standard InChI is InChI=1S/C16H22OS/c1-11-8-12(2)10-16(9-11)18-15-6-4-14(5-7-15)13(3)17/h4-7,11-12,16H,8-10H2,1-3H3. The first-order valence-corrected chi connectivity index (χ1v) is 7.70. The molecular weight excluding hydrogens is 240 g/mol. The summed E-state index contributed by atoms with van der Waals surface area (Å²) in [5.74, 6) is 1.84. The van der Waals surface area contributed by atoms with Crippen molar-refractivity contribution in [2.24, 2.45) is 11.8 Å². The lowest BCUT2D eigenvalue weighted by Crippen LogP contribution is -2.21. The first-order chi connectivity index (χ1) is 8.54. The SMILES string of the molecule is CC(=O)c1ccc(SC2CC(C)CC(C)C2)cc1. The molecule has 1 aliphatic carbocycles. The van der Waals surface area contributed by atoms with E-state index in [2.05, 4.69) is 26.0 Å². The zero-order chi connectivity index (χ0) is 13.1. The number of benzene rings is 1. The third kappa shape index (κ3) is 3.61. The molecule has 1 aliphatic rings. The van der Waals surface area contributed by atoms with Crippen molar-refractivity contribution in [3.63, 3.8) is 0 Å². The maximum Gasteiger partial charge on any atom is 0.159 e. The average Bonchev–Trinajstić information content (AvgIpc) is 2.28. The van der Waals surface area contributed by atoms with E-state index in [4.69, 9.17) is 0 Å². The van der Waals surface area contributed by atoms with Crippen LogP contribution in [0.2, 0.25) is 0 Å². The van der Waals surface area contributed by atoms with Gasteiger partial charge in [-0.1, -0.05) is 26.0 Å². The fourth-order valence-electron chi connectivity index (χ4n) is 2.93. The molecule has 1 fully saturated rings. The molecule has 0 N–H and O–H groups in total. The topological polar surface area (TPSA) is 17.1 Å². The molecule has 1 aromatic carbocycles. The zero-order valence-corrected chi connectivity index (χ0v) is 12.3. The Bertz CT molecular complexity index is 400. The van der Waals surface area contributed by atoms with Gasteiger partial charge in [-0.2, -0.15) is 0 Å². The average molecular weight is 262 g/mol. The highest BCUT2D eigenvalue weighted by Gasteiger charge is 2.24. The smallest absolute Gasteiger partial charge is 0.159 e.